The van der Waals surface area contributed by atoms with Gasteiger partial charge in [-0.1, -0.05) is 29.8 Å². The third kappa shape index (κ3) is 2.58. The Kier molecular flexibility index (Phi) is 3.76. The number of benzene rings is 1. The summed E-state index contributed by atoms with van der Waals surface area (Å²) in [5.41, 5.74) is 8.14. The van der Waals surface area contributed by atoms with E-state index in [2.05, 4.69) is 10.2 Å². The molecule has 2 heterocycles. The molecule has 0 bridgehead atoms. The lowest BCUT2D eigenvalue weighted by Crippen LogP contribution is -2.45. The fraction of sp³-hybridized carbons (Fsp3) is 0.562. The van der Waals surface area contributed by atoms with Gasteiger partial charge in [0.15, 0.2) is 0 Å². The Labute approximate surface area is 120 Å². The number of amides is 1. The first kappa shape index (κ1) is 13.6. The summed E-state index contributed by atoms with van der Waals surface area (Å²) in [7, 11) is 0. The molecule has 4 nitrogen and oxygen atoms in total. The Balaban J connectivity index is 1.62. The summed E-state index contributed by atoms with van der Waals surface area (Å²) in [6.07, 6.45) is 3.50. The van der Waals surface area contributed by atoms with Crippen molar-refractivity contribution < 1.29 is 4.79 Å². The normalized spacial score (nSPS) is 27.3. The first-order valence-corrected chi connectivity index (χ1v) is 7.52. The highest BCUT2D eigenvalue weighted by Crippen LogP contribution is 2.28. The van der Waals surface area contributed by atoms with E-state index in [4.69, 9.17) is 5.73 Å². The van der Waals surface area contributed by atoms with Crippen LogP contribution in [0.4, 0.5) is 0 Å². The molecular weight excluding hydrogens is 250 g/mol. The fourth-order valence-electron chi connectivity index (χ4n) is 3.45. The summed E-state index contributed by atoms with van der Waals surface area (Å²) in [6.45, 7) is 4.32. The Bertz CT molecular complexity index is 485. The van der Waals surface area contributed by atoms with Gasteiger partial charge in [0.1, 0.15) is 6.04 Å². The maximum atomic E-state index is 12.3. The molecule has 1 amide bonds. The van der Waals surface area contributed by atoms with Gasteiger partial charge >= 0.3 is 0 Å². The average molecular weight is 273 g/mol. The summed E-state index contributed by atoms with van der Waals surface area (Å²) in [5.74, 6) is -0.0485. The van der Waals surface area contributed by atoms with Crippen molar-refractivity contribution in [3.63, 3.8) is 0 Å². The quantitative estimate of drug-likeness (QED) is 0.874. The highest BCUT2D eigenvalue weighted by Gasteiger charge is 2.38. The predicted octanol–water partition coefficient (Wildman–Crippen LogP) is 1.35. The van der Waals surface area contributed by atoms with Gasteiger partial charge in [0.2, 0.25) is 5.91 Å². The van der Waals surface area contributed by atoms with Crippen LogP contribution in [0.15, 0.2) is 24.3 Å². The van der Waals surface area contributed by atoms with Crippen LogP contribution >= 0.6 is 0 Å². The zero-order valence-electron chi connectivity index (χ0n) is 12.0. The lowest BCUT2D eigenvalue weighted by atomic mass is 10.0. The molecule has 3 unspecified atom stereocenters. The predicted molar refractivity (Wildman–Crippen MR) is 79.3 cm³/mol. The summed E-state index contributed by atoms with van der Waals surface area (Å²) in [6, 6.07) is 8.12. The minimum Gasteiger partial charge on any atom is -0.350 e. The zero-order valence-corrected chi connectivity index (χ0v) is 12.0. The van der Waals surface area contributed by atoms with Crippen LogP contribution in [0.5, 0.6) is 0 Å². The number of carbonyl (C=O) groups excluding carboxylic acids is 1. The molecule has 0 aliphatic carbocycles. The molecule has 2 aliphatic heterocycles. The number of hydrogen-bond acceptors (Lipinski definition) is 3. The summed E-state index contributed by atoms with van der Waals surface area (Å²) < 4.78 is 0. The molecule has 2 aliphatic rings. The number of nitrogens with two attached hydrogens (primary N) is 1. The van der Waals surface area contributed by atoms with Crippen LogP contribution in [0.25, 0.3) is 0 Å². The Morgan fingerprint density at radius 3 is 2.80 bits per heavy atom. The lowest BCUT2D eigenvalue weighted by Gasteiger charge is -2.23. The maximum Gasteiger partial charge on any atom is 0.241 e. The lowest BCUT2D eigenvalue weighted by molar-refractivity contribution is -0.123. The van der Waals surface area contributed by atoms with Crippen LogP contribution in [0.2, 0.25) is 0 Å². The van der Waals surface area contributed by atoms with Crippen molar-refractivity contribution in [1.82, 2.24) is 10.2 Å². The Morgan fingerprint density at radius 2 is 2.05 bits per heavy atom. The van der Waals surface area contributed by atoms with E-state index in [9.17, 15) is 4.79 Å². The summed E-state index contributed by atoms with van der Waals surface area (Å²) in [4.78, 5) is 14.8. The van der Waals surface area contributed by atoms with Gasteiger partial charge in [0.05, 0.1) is 0 Å². The van der Waals surface area contributed by atoms with E-state index in [1.165, 1.54) is 24.9 Å². The van der Waals surface area contributed by atoms with Gasteiger partial charge in [-0.15, -0.1) is 0 Å². The van der Waals surface area contributed by atoms with Gasteiger partial charge < -0.3 is 11.1 Å². The molecule has 2 fully saturated rings. The van der Waals surface area contributed by atoms with Gasteiger partial charge in [-0.25, -0.2) is 0 Å². The van der Waals surface area contributed by atoms with Crippen LogP contribution in [0.1, 0.15) is 36.4 Å². The first-order valence-electron chi connectivity index (χ1n) is 7.52. The van der Waals surface area contributed by atoms with E-state index < -0.39 is 6.04 Å². The first-order chi connectivity index (χ1) is 9.65. The van der Waals surface area contributed by atoms with Crippen LogP contribution in [0.3, 0.4) is 0 Å². The minimum atomic E-state index is -0.564. The molecule has 0 aromatic heterocycles. The van der Waals surface area contributed by atoms with Gasteiger partial charge in [0, 0.05) is 18.6 Å². The largest absolute Gasteiger partial charge is 0.350 e. The van der Waals surface area contributed by atoms with Crippen molar-refractivity contribution in [2.45, 2.75) is 44.3 Å². The van der Waals surface area contributed by atoms with Crippen LogP contribution < -0.4 is 11.1 Å². The second-order valence-electron chi connectivity index (χ2n) is 6.04. The number of aryl methyl sites for hydroxylation is 1. The number of rotatable bonds is 3. The highest BCUT2D eigenvalue weighted by atomic mass is 16.2. The van der Waals surface area contributed by atoms with E-state index in [-0.39, 0.29) is 11.9 Å². The topological polar surface area (TPSA) is 58.4 Å². The van der Waals surface area contributed by atoms with Crippen molar-refractivity contribution in [3.8, 4) is 0 Å². The minimum absolute atomic E-state index is 0.0485. The molecule has 108 valence electrons. The molecule has 3 N–H and O–H groups in total. The van der Waals surface area contributed by atoms with E-state index in [0.29, 0.717) is 6.04 Å². The summed E-state index contributed by atoms with van der Waals surface area (Å²) in [5, 5.41) is 3.16. The third-order valence-corrected chi connectivity index (χ3v) is 4.65. The van der Waals surface area contributed by atoms with E-state index in [1.807, 2.05) is 31.2 Å². The SMILES string of the molecule is Cc1ccc(C(N)C(=O)NC2CCN3CCCC23)cc1. The fourth-order valence-corrected chi connectivity index (χ4v) is 3.45. The van der Waals surface area contributed by atoms with Crippen molar-refractivity contribution in [2.24, 2.45) is 5.73 Å². The Morgan fingerprint density at radius 1 is 1.30 bits per heavy atom. The number of nitrogens with zero attached hydrogens (tertiary/aromatic N) is 1. The van der Waals surface area contributed by atoms with Gasteiger partial charge in [0.25, 0.3) is 0 Å². The van der Waals surface area contributed by atoms with Crippen LogP contribution in [-0.4, -0.2) is 36.0 Å². The van der Waals surface area contributed by atoms with E-state index >= 15 is 0 Å². The number of nitrogens with one attached hydrogen (secondary N) is 1. The monoisotopic (exact) mass is 273 g/mol. The van der Waals surface area contributed by atoms with Crippen molar-refractivity contribution in [2.75, 3.05) is 13.1 Å². The second-order valence-corrected chi connectivity index (χ2v) is 6.04. The Hall–Kier alpha value is -1.39. The van der Waals surface area contributed by atoms with Gasteiger partial charge in [-0.2, -0.15) is 0 Å². The van der Waals surface area contributed by atoms with Crippen LogP contribution in [0, 0.1) is 6.92 Å². The standard InChI is InChI=1S/C16H23N3O/c1-11-4-6-12(7-5-11)15(17)16(20)18-13-8-10-19-9-2-3-14(13)19/h4-7,13-15H,2-3,8-10,17H2,1H3,(H,18,20). The molecular formula is C16H23N3O. The molecule has 0 spiro atoms. The zero-order chi connectivity index (χ0) is 14.1. The van der Waals surface area contributed by atoms with Crippen molar-refractivity contribution in [3.05, 3.63) is 35.4 Å². The molecule has 1 aromatic rings. The third-order valence-electron chi connectivity index (χ3n) is 4.65. The van der Waals surface area contributed by atoms with E-state index in [0.717, 1.165) is 18.5 Å². The van der Waals surface area contributed by atoms with Gasteiger partial charge in [-0.05, 0) is 38.3 Å². The maximum absolute atomic E-state index is 12.3. The summed E-state index contributed by atoms with van der Waals surface area (Å²) >= 11 is 0. The highest BCUT2D eigenvalue weighted by molar-refractivity contribution is 5.83. The van der Waals surface area contributed by atoms with Crippen molar-refractivity contribution >= 4 is 5.91 Å². The molecule has 0 radical (unpaired) electrons. The molecule has 2 saturated heterocycles. The molecule has 20 heavy (non-hydrogen) atoms. The molecule has 1 aromatic carbocycles. The second kappa shape index (κ2) is 5.54. The number of carbonyl (C=O) groups is 1. The molecule has 3 rings (SSSR count). The van der Waals surface area contributed by atoms with E-state index in [1.54, 1.807) is 0 Å². The van der Waals surface area contributed by atoms with Crippen LogP contribution in [-0.2, 0) is 4.79 Å². The number of hydrogen-bond donors (Lipinski definition) is 2. The van der Waals surface area contributed by atoms with Crippen molar-refractivity contribution in [1.29, 1.82) is 0 Å². The molecule has 0 saturated carbocycles. The number of fused-ring (bicyclic) bond motifs is 1. The van der Waals surface area contributed by atoms with Gasteiger partial charge in [-0.3, -0.25) is 9.69 Å². The smallest absolute Gasteiger partial charge is 0.241 e. The molecule has 4 heteroatoms. The molecule has 3 atom stereocenters. The average Bonchev–Trinajstić information content (AvgIpc) is 3.04.